The molecule has 0 radical (unpaired) electrons. The summed E-state index contributed by atoms with van der Waals surface area (Å²) in [6, 6.07) is 0.685. The highest BCUT2D eigenvalue weighted by Crippen LogP contribution is 2.42. The molecule has 2 nitrogen and oxygen atoms in total. The van der Waals surface area contributed by atoms with Crippen LogP contribution in [0.4, 0.5) is 0 Å². The van der Waals surface area contributed by atoms with E-state index in [0.717, 1.165) is 5.25 Å². The van der Waals surface area contributed by atoms with Crippen molar-refractivity contribution in [3.8, 4) is 0 Å². The van der Waals surface area contributed by atoms with Crippen LogP contribution in [0.2, 0.25) is 0 Å². The van der Waals surface area contributed by atoms with Crippen LogP contribution in [-0.4, -0.2) is 49.6 Å². The third-order valence-corrected chi connectivity index (χ3v) is 4.82. The van der Waals surface area contributed by atoms with Gasteiger partial charge >= 0.3 is 0 Å². The Morgan fingerprint density at radius 2 is 2.07 bits per heavy atom. The first-order chi connectivity index (χ1) is 6.97. The minimum Gasteiger partial charge on any atom is -0.315 e. The molecule has 0 spiro atoms. The molecule has 2 atom stereocenters. The van der Waals surface area contributed by atoms with Crippen LogP contribution in [0, 0.1) is 5.41 Å². The lowest BCUT2D eigenvalue weighted by molar-refractivity contribution is 0.300. The van der Waals surface area contributed by atoms with Crippen LogP contribution in [0.25, 0.3) is 0 Å². The molecule has 1 aliphatic rings. The zero-order valence-electron chi connectivity index (χ0n) is 10.8. The van der Waals surface area contributed by atoms with E-state index >= 15 is 0 Å². The predicted octanol–water partition coefficient (Wildman–Crippen LogP) is 2.06. The van der Waals surface area contributed by atoms with Crippen molar-refractivity contribution in [1.82, 2.24) is 10.2 Å². The molecule has 15 heavy (non-hydrogen) atoms. The number of hydrogen-bond acceptors (Lipinski definition) is 3. The van der Waals surface area contributed by atoms with Crippen LogP contribution >= 0.6 is 11.8 Å². The SMILES string of the molecule is CNC1C(SCCN(C)C)CCC1(C)C. The van der Waals surface area contributed by atoms with Crippen LogP contribution in [0.15, 0.2) is 0 Å². The zero-order chi connectivity index (χ0) is 11.5. The van der Waals surface area contributed by atoms with Gasteiger partial charge in [0.25, 0.3) is 0 Å². The van der Waals surface area contributed by atoms with Gasteiger partial charge in [-0.05, 0) is 39.4 Å². The van der Waals surface area contributed by atoms with Crippen LogP contribution in [0.5, 0.6) is 0 Å². The zero-order valence-corrected chi connectivity index (χ0v) is 11.7. The first-order valence-corrected chi connectivity index (χ1v) is 6.96. The lowest BCUT2D eigenvalue weighted by Gasteiger charge is -2.30. The Hall–Kier alpha value is 0.270. The van der Waals surface area contributed by atoms with Crippen LogP contribution in [-0.2, 0) is 0 Å². The number of nitrogens with one attached hydrogen (secondary N) is 1. The van der Waals surface area contributed by atoms with Crippen LogP contribution < -0.4 is 5.32 Å². The van der Waals surface area contributed by atoms with Gasteiger partial charge in [0.05, 0.1) is 0 Å². The summed E-state index contributed by atoms with van der Waals surface area (Å²) in [6.45, 7) is 5.97. The third-order valence-electron chi connectivity index (χ3n) is 3.47. The second-order valence-corrected chi connectivity index (χ2v) is 6.85. The molecule has 0 aliphatic heterocycles. The van der Waals surface area contributed by atoms with Gasteiger partial charge in [0.15, 0.2) is 0 Å². The maximum absolute atomic E-state index is 3.51. The standard InChI is InChI=1S/C12H26N2S/c1-12(2)7-6-10(11(12)13-3)15-9-8-14(4)5/h10-11,13H,6-9H2,1-5H3. The Balaban J connectivity index is 2.36. The van der Waals surface area contributed by atoms with Gasteiger partial charge in [0.1, 0.15) is 0 Å². The molecule has 3 heteroatoms. The van der Waals surface area contributed by atoms with Crippen molar-refractivity contribution in [2.24, 2.45) is 5.41 Å². The monoisotopic (exact) mass is 230 g/mol. The molecule has 90 valence electrons. The van der Waals surface area contributed by atoms with E-state index in [1.165, 1.54) is 25.1 Å². The highest BCUT2D eigenvalue weighted by Gasteiger charge is 2.40. The molecular formula is C12H26N2S. The molecule has 0 aromatic heterocycles. The molecule has 0 heterocycles. The fraction of sp³-hybridized carbons (Fsp3) is 1.00. The van der Waals surface area contributed by atoms with Crippen molar-refractivity contribution in [3.63, 3.8) is 0 Å². The number of nitrogens with zero attached hydrogens (tertiary/aromatic N) is 1. The molecule has 1 rings (SSSR count). The van der Waals surface area contributed by atoms with E-state index in [2.05, 4.69) is 57.0 Å². The highest BCUT2D eigenvalue weighted by molar-refractivity contribution is 8.00. The molecule has 0 amide bonds. The third kappa shape index (κ3) is 3.65. The molecule has 1 N–H and O–H groups in total. The van der Waals surface area contributed by atoms with Gasteiger partial charge in [0, 0.05) is 23.6 Å². The predicted molar refractivity (Wildman–Crippen MR) is 70.7 cm³/mol. The van der Waals surface area contributed by atoms with Crippen LogP contribution in [0.1, 0.15) is 26.7 Å². The normalized spacial score (nSPS) is 30.0. The molecule has 0 bridgehead atoms. The average molecular weight is 230 g/mol. The van der Waals surface area contributed by atoms with Crippen LogP contribution in [0.3, 0.4) is 0 Å². The summed E-state index contributed by atoms with van der Waals surface area (Å²) in [5.41, 5.74) is 0.477. The molecular weight excluding hydrogens is 204 g/mol. The van der Waals surface area contributed by atoms with E-state index in [1.807, 2.05) is 0 Å². The van der Waals surface area contributed by atoms with E-state index in [1.54, 1.807) is 0 Å². The number of rotatable bonds is 5. The van der Waals surface area contributed by atoms with Gasteiger partial charge in [-0.3, -0.25) is 0 Å². The largest absolute Gasteiger partial charge is 0.315 e. The highest BCUT2D eigenvalue weighted by atomic mass is 32.2. The lowest BCUT2D eigenvalue weighted by Crippen LogP contribution is -2.41. The molecule has 0 aromatic carbocycles. The topological polar surface area (TPSA) is 15.3 Å². The Morgan fingerprint density at radius 3 is 2.60 bits per heavy atom. The Labute approximate surface area is 99.2 Å². The Kier molecular flexibility index (Phi) is 4.94. The summed E-state index contributed by atoms with van der Waals surface area (Å²) in [5.74, 6) is 1.26. The van der Waals surface area contributed by atoms with Crippen molar-refractivity contribution < 1.29 is 0 Å². The van der Waals surface area contributed by atoms with E-state index in [9.17, 15) is 0 Å². The molecule has 1 saturated carbocycles. The molecule has 1 fully saturated rings. The molecule has 0 saturated heterocycles. The summed E-state index contributed by atoms with van der Waals surface area (Å²) in [5, 5.41) is 4.32. The Bertz CT molecular complexity index is 192. The van der Waals surface area contributed by atoms with E-state index in [-0.39, 0.29) is 0 Å². The summed E-state index contributed by atoms with van der Waals surface area (Å²) in [7, 11) is 6.40. The van der Waals surface area contributed by atoms with Gasteiger partial charge in [-0.25, -0.2) is 0 Å². The molecule has 0 aromatic rings. The van der Waals surface area contributed by atoms with E-state index < -0.39 is 0 Å². The van der Waals surface area contributed by atoms with Gasteiger partial charge in [0.2, 0.25) is 0 Å². The minimum absolute atomic E-state index is 0.477. The summed E-state index contributed by atoms with van der Waals surface area (Å²) in [4.78, 5) is 2.27. The smallest absolute Gasteiger partial charge is 0.0234 e. The van der Waals surface area contributed by atoms with Crippen molar-refractivity contribution in [2.45, 2.75) is 38.0 Å². The van der Waals surface area contributed by atoms with E-state index in [4.69, 9.17) is 0 Å². The Morgan fingerprint density at radius 1 is 1.40 bits per heavy atom. The van der Waals surface area contributed by atoms with Crippen molar-refractivity contribution in [3.05, 3.63) is 0 Å². The fourth-order valence-electron chi connectivity index (χ4n) is 2.48. The van der Waals surface area contributed by atoms with Gasteiger partial charge in [-0.2, -0.15) is 11.8 Å². The van der Waals surface area contributed by atoms with Crippen molar-refractivity contribution in [1.29, 1.82) is 0 Å². The van der Waals surface area contributed by atoms with E-state index in [0.29, 0.717) is 11.5 Å². The molecule has 1 aliphatic carbocycles. The average Bonchev–Trinajstić information content (AvgIpc) is 2.40. The number of hydrogen-bond donors (Lipinski definition) is 1. The number of thioether (sulfide) groups is 1. The summed E-state index contributed by atoms with van der Waals surface area (Å²) in [6.07, 6.45) is 2.73. The first-order valence-electron chi connectivity index (χ1n) is 5.91. The minimum atomic E-state index is 0.477. The lowest BCUT2D eigenvalue weighted by atomic mass is 9.87. The quantitative estimate of drug-likeness (QED) is 0.778. The maximum atomic E-state index is 3.51. The van der Waals surface area contributed by atoms with Crippen molar-refractivity contribution in [2.75, 3.05) is 33.4 Å². The molecule has 2 unspecified atom stereocenters. The van der Waals surface area contributed by atoms with Gasteiger partial charge < -0.3 is 10.2 Å². The van der Waals surface area contributed by atoms with Gasteiger partial charge in [-0.1, -0.05) is 13.8 Å². The second kappa shape index (κ2) is 5.55. The van der Waals surface area contributed by atoms with Crippen molar-refractivity contribution >= 4 is 11.8 Å². The summed E-state index contributed by atoms with van der Waals surface area (Å²) >= 11 is 2.14. The second-order valence-electron chi connectivity index (χ2n) is 5.51. The van der Waals surface area contributed by atoms with Gasteiger partial charge in [-0.15, -0.1) is 0 Å². The first kappa shape index (κ1) is 13.3. The maximum Gasteiger partial charge on any atom is 0.0234 e. The summed E-state index contributed by atoms with van der Waals surface area (Å²) < 4.78 is 0. The fourth-order valence-corrected chi connectivity index (χ4v) is 4.24.